The van der Waals surface area contributed by atoms with Gasteiger partial charge in [-0.25, -0.2) is 18.2 Å². The molecule has 220 valence electrons. The second kappa shape index (κ2) is 12.0. The van der Waals surface area contributed by atoms with Gasteiger partial charge in [-0.1, -0.05) is 0 Å². The summed E-state index contributed by atoms with van der Waals surface area (Å²) in [6.45, 7) is 0. The van der Waals surface area contributed by atoms with E-state index in [9.17, 15) is 57.0 Å². The smallest absolute Gasteiger partial charge is 0.149 e. The van der Waals surface area contributed by atoms with Crippen molar-refractivity contribution in [2.24, 2.45) is 0 Å². The number of benzene rings is 2. The van der Waals surface area contributed by atoms with Crippen LogP contribution in [-0.2, 0) is 0 Å². The lowest BCUT2D eigenvalue weighted by Crippen LogP contribution is -2.05. The summed E-state index contributed by atoms with van der Waals surface area (Å²) in [4.78, 5) is 3.61. The third-order valence-electron chi connectivity index (χ3n) is 7.58. The van der Waals surface area contributed by atoms with E-state index < -0.39 is 112 Å². The lowest BCUT2D eigenvalue weighted by atomic mass is 9.82. The normalized spacial score (nSPS) is 11.9. The molecule has 0 fully saturated rings. The number of nitriles is 10. The molecule has 0 N–H and O–H groups in total. The van der Waals surface area contributed by atoms with Crippen molar-refractivity contribution in [3.05, 3.63) is 109 Å². The zero-order chi connectivity index (χ0) is 35.7. The van der Waals surface area contributed by atoms with Crippen molar-refractivity contribution in [3.8, 4) is 60.7 Å². The zero-order valence-electron chi connectivity index (χ0n) is 23.9. The van der Waals surface area contributed by atoms with Crippen LogP contribution in [0.25, 0.3) is 33.4 Å². The highest BCUT2D eigenvalue weighted by atomic mass is 19.1. The van der Waals surface area contributed by atoms with E-state index in [-0.39, 0.29) is 5.69 Å². The molecule has 0 atom stereocenters. The fourth-order valence-corrected chi connectivity index (χ4v) is 5.78. The molecule has 3 aromatic rings. The third-order valence-corrected chi connectivity index (χ3v) is 7.58. The average Bonchev–Trinajstić information content (AvgIpc) is 3.62. The number of allylic oxidation sites excluding steroid dienone is 8. The lowest BCUT2D eigenvalue weighted by molar-refractivity contribution is 0.594. The molecular weight excluding hydrogens is 631 g/mol. The van der Waals surface area contributed by atoms with Crippen LogP contribution in [0.15, 0.2) is 35.5 Å². The molecule has 0 bridgehead atoms. The summed E-state index contributed by atoms with van der Waals surface area (Å²) >= 11 is 0. The van der Waals surface area contributed by atoms with Crippen molar-refractivity contribution in [1.29, 1.82) is 52.6 Å². The van der Waals surface area contributed by atoms with Crippen molar-refractivity contribution in [3.63, 3.8) is 0 Å². The minimum Gasteiger partial charge on any atom is -0.242 e. The SMILES string of the molecule is N#CC(C#N)=C1C(c2cc(C#N)ncc2F)=C(C#N)c2c(C#N)c3c(c(C#N)c21)C(C#N)=C(c1cc(F)c(C#N)cc1F)C3=C(C#N)C#N. The van der Waals surface area contributed by atoms with Crippen molar-refractivity contribution in [2.75, 3.05) is 0 Å². The van der Waals surface area contributed by atoms with Crippen molar-refractivity contribution < 1.29 is 13.2 Å². The Morgan fingerprint density at radius 2 is 0.959 bits per heavy atom. The number of halogens is 3. The summed E-state index contributed by atoms with van der Waals surface area (Å²) in [5.74, 6) is -3.68. The number of hydrogen-bond donors (Lipinski definition) is 0. The first-order valence-corrected chi connectivity index (χ1v) is 13.1. The molecule has 1 aromatic heterocycles. The van der Waals surface area contributed by atoms with Gasteiger partial charge >= 0.3 is 0 Å². The second-order valence-corrected chi connectivity index (χ2v) is 9.73. The Morgan fingerprint density at radius 1 is 0.490 bits per heavy atom. The average molecular weight is 635 g/mol. The van der Waals surface area contributed by atoms with E-state index in [2.05, 4.69) is 4.98 Å². The Balaban J connectivity index is 2.14. The van der Waals surface area contributed by atoms with Gasteiger partial charge in [-0.15, -0.1) is 0 Å². The maximum Gasteiger partial charge on any atom is 0.149 e. The molecule has 2 aromatic carbocycles. The molecule has 49 heavy (non-hydrogen) atoms. The minimum atomic E-state index is -1.29. The van der Waals surface area contributed by atoms with E-state index in [1.807, 2.05) is 0 Å². The summed E-state index contributed by atoms with van der Waals surface area (Å²) < 4.78 is 45.9. The zero-order valence-corrected chi connectivity index (χ0v) is 23.9. The Morgan fingerprint density at radius 3 is 1.35 bits per heavy atom. The maximum atomic E-state index is 15.6. The van der Waals surface area contributed by atoms with E-state index in [0.717, 1.165) is 6.07 Å². The second-order valence-electron chi connectivity index (χ2n) is 9.73. The molecule has 14 heteroatoms. The minimum absolute atomic E-state index is 0.357. The van der Waals surface area contributed by atoms with Gasteiger partial charge in [-0.3, -0.25) is 0 Å². The molecule has 0 amide bonds. The highest BCUT2D eigenvalue weighted by Crippen LogP contribution is 2.58. The predicted molar refractivity (Wildman–Crippen MR) is 157 cm³/mol. The quantitative estimate of drug-likeness (QED) is 0.318. The first kappa shape index (κ1) is 31.7. The topological polar surface area (TPSA) is 251 Å². The van der Waals surface area contributed by atoms with Crippen LogP contribution in [0.5, 0.6) is 0 Å². The summed E-state index contributed by atoms with van der Waals surface area (Å²) in [6.07, 6.45) is 0.631. The van der Waals surface area contributed by atoms with Crippen LogP contribution in [0.4, 0.5) is 13.2 Å². The number of aromatic nitrogens is 1. The van der Waals surface area contributed by atoms with Crippen LogP contribution in [-0.4, -0.2) is 4.98 Å². The Labute approximate surface area is 273 Å². The molecule has 5 rings (SSSR count). The maximum absolute atomic E-state index is 15.6. The van der Waals surface area contributed by atoms with Crippen LogP contribution in [0.2, 0.25) is 0 Å². The van der Waals surface area contributed by atoms with Crippen molar-refractivity contribution in [1.82, 2.24) is 4.98 Å². The van der Waals surface area contributed by atoms with Crippen LogP contribution < -0.4 is 0 Å². The summed E-state index contributed by atoms with van der Waals surface area (Å²) in [7, 11) is 0. The van der Waals surface area contributed by atoms with Crippen LogP contribution in [0.1, 0.15) is 55.8 Å². The number of rotatable bonds is 2. The number of nitrogens with zero attached hydrogens (tertiary/aromatic N) is 11. The summed E-state index contributed by atoms with van der Waals surface area (Å²) in [5.41, 5.74) is -10.6. The molecule has 0 saturated carbocycles. The molecule has 2 aliphatic carbocycles. The van der Waals surface area contributed by atoms with Crippen LogP contribution in [0, 0.1) is 131 Å². The van der Waals surface area contributed by atoms with Gasteiger partial charge in [0.25, 0.3) is 0 Å². The van der Waals surface area contributed by atoms with Gasteiger partial charge in [0.15, 0.2) is 0 Å². The Bertz CT molecular complexity index is 2710. The molecule has 11 nitrogen and oxygen atoms in total. The van der Waals surface area contributed by atoms with E-state index >= 15 is 8.78 Å². The molecular formula is C35H4F3N11. The summed E-state index contributed by atoms with van der Waals surface area (Å²) in [6, 6.07) is 18.5. The van der Waals surface area contributed by atoms with Gasteiger partial charge in [-0.2, -0.15) is 52.6 Å². The number of pyridine rings is 1. The molecule has 0 saturated heterocycles. The standard InChI is InChI=1S/C35H4F3N11/c36-25-3-20(26(37)1-15(25)4-39)31-22(11-46)33-24(13-48)34-28(16(5-40)6-41)30(19-2-18(9-44)49-14-27(19)38)21(10-45)32(34)23(12-47)35(33)29(31)17(7-42)8-43/h1-3,14H. The fraction of sp³-hybridized carbons (Fsp3) is 0. The number of fused-ring (bicyclic) bond motifs is 2. The van der Waals surface area contributed by atoms with E-state index in [1.54, 1.807) is 54.6 Å². The molecule has 0 unspecified atom stereocenters. The lowest BCUT2D eigenvalue weighted by Gasteiger charge is -2.16. The Kier molecular flexibility index (Phi) is 7.73. The third kappa shape index (κ3) is 4.32. The van der Waals surface area contributed by atoms with Crippen molar-refractivity contribution >= 4 is 33.4 Å². The molecule has 2 aliphatic rings. The monoisotopic (exact) mass is 635 g/mol. The molecule has 0 spiro atoms. The van der Waals surface area contributed by atoms with Crippen LogP contribution in [0.3, 0.4) is 0 Å². The van der Waals surface area contributed by atoms with Gasteiger partial charge in [0.1, 0.15) is 95.0 Å². The van der Waals surface area contributed by atoms with Gasteiger partial charge in [0.05, 0.1) is 34.0 Å². The van der Waals surface area contributed by atoms with Gasteiger partial charge in [0, 0.05) is 55.7 Å². The first-order chi connectivity index (χ1) is 23.7. The van der Waals surface area contributed by atoms with E-state index in [1.165, 1.54) is 6.07 Å². The predicted octanol–water partition coefficient (Wildman–Crippen LogP) is 5.48. The number of hydrogen-bond acceptors (Lipinski definition) is 11. The van der Waals surface area contributed by atoms with Crippen molar-refractivity contribution in [2.45, 2.75) is 0 Å². The van der Waals surface area contributed by atoms with Crippen LogP contribution >= 0.6 is 0 Å². The first-order valence-electron chi connectivity index (χ1n) is 13.1. The highest BCUT2D eigenvalue weighted by molar-refractivity contribution is 6.32. The van der Waals surface area contributed by atoms with Gasteiger partial charge in [0.2, 0.25) is 0 Å². The highest BCUT2D eigenvalue weighted by Gasteiger charge is 2.44. The van der Waals surface area contributed by atoms with Gasteiger partial charge < -0.3 is 0 Å². The fourth-order valence-electron chi connectivity index (χ4n) is 5.78. The largest absolute Gasteiger partial charge is 0.242 e. The Hall–Kier alpha value is -8.76. The molecule has 1 heterocycles. The molecule has 0 aliphatic heterocycles. The molecule has 0 radical (unpaired) electrons. The van der Waals surface area contributed by atoms with Gasteiger partial charge in [-0.05, 0) is 18.2 Å². The van der Waals surface area contributed by atoms with E-state index in [0.29, 0.717) is 18.3 Å². The summed E-state index contributed by atoms with van der Waals surface area (Å²) in [5, 5.41) is 101. The van der Waals surface area contributed by atoms with E-state index in [4.69, 9.17) is 0 Å².